The highest BCUT2D eigenvalue weighted by molar-refractivity contribution is 5.49. The maximum Gasteiger partial charge on any atom is 0.416 e. The molecule has 0 saturated heterocycles. The molecule has 2 N–H and O–H groups in total. The average Bonchev–Trinajstić information content (AvgIpc) is 2.32. The molecule has 0 fully saturated rings. The molecule has 0 aliphatic rings. The van der Waals surface area contributed by atoms with Gasteiger partial charge < -0.3 is 10.6 Å². The van der Waals surface area contributed by atoms with Crippen LogP contribution in [0.1, 0.15) is 18.9 Å². The molecular formula is C11H14F5N3. The summed E-state index contributed by atoms with van der Waals surface area (Å²) in [5.41, 5.74) is -0.933. The Bertz CT molecular complexity index is 406. The van der Waals surface area contributed by atoms with E-state index in [0.717, 1.165) is 6.07 Å². The predicted molar refractivity (Wildman–Crippen MR) is 62.5 cm³/mol. The van der Waals surface area contributed by atoms with Crippen LogP contribution in [-0.2, 0) is 6.18 Å². The van der Waals surface area contributed by atoms with E-state index in [1.165, 1.54) is 0 Å². The molecule has 0 radical (unpaired) electrons. The van der Waals surface area contributed by atoms with Crippen molar-refractivity contribution in [1.29, 1.82) is 0 Å². The Labute approximate surface area is 107 Å². The van der Waals surface area contributed by atoms with Gasteiger partial charge in [-0.05, 0) is 18.6 Å². The highest BCUT2D eigenvalue weighted by Gasteiger charge is 2.31. The van der Waals surface area contributed by atoms with Crippen LogP contribution in [0.5, 0.6) is 0 Å². The van der Waals surface area contributed by atoms with Gasteiger partial charge >= 0.3 is 6.18 Å². The van der Waals surface area contributed by atoms with E-state index in [4.69, 9.17) is 0 Å². The molecular weight excluding hydrogens is 269 g/mol. The van der Waals surface area contributed by atoms with Crippen molar-refractivity contribution >= 4 is 11.6 Å². The molecule has 19 heavy (non-hydrogen) atoms. The lowest BCUT2D eigenvalue weighted by Crippen LogP contribution is -2.14. The molecule has 0 aliphatic carbocycles. The summed E-state index contributed by atoms with van der Waals surface area (Å²) < 4.78 is 62.0. The van der Waals surface area contributed by atoms with Gasteiger partial charge in [0.2, 0.25) is 0 Å². The minimum Gasteiger partial charge on any atom is -0.370 e. The number of anilines is 2. The van der Waals surface area contributed by atoms with Crippen LogP contribution >= 0.6 is 0 Å². The number of nitrogens with one attached hydrogen (secondary N) is 2. The van der Waals surface area contributed by atoms with Gasteiger partial charge in [-0.1, -0.05) is 6.92 Å². The lowest BCUT2D eigenvalue weighted by molar-refractivity contribution is -0.137. The van der Waals surface area contributed by atoms with Crippen LogP contribution in [0.2, 0.25) is 0 Å². The second kappa shape index (κ2) is 6.53. The summed E-state index contributed by atoms with van der Waals surface area (Å²) in [6.45, 7) is 1.54. The quantitative estimate of drug-likeness (QED) is 0.783. The normalized spacial score (nSPS) is 11.7. The first-order chi connectivity index (χ1) is 8.82. The smallest absolute Gasteiger partial charge is 0.370 e. The zero-order valence-corrected chi connectivity index (χ0v) is 10.2. The van der Waals surface area contributed by atoms with Gasteiger partial charge in [0.05, 0.1) is 12.1 Å². The lowest BCUT2D eigenvalue weighted by atomic mass is 10.2. The van der Waals surface area contributed by atoms with Crippen LogP contribution in [0, 0.1) is 0 Å². The fraction of sp³-hybridized carbons (Fsp3) is 0.545. The van der Waals surface area contributed by atoms with Crippen LogP contribution in [0.3, 0.4) is 0 Å². The first-order valence-electron chi connectivity index (χ1n) is 5.68. The van der Waals surface area contributed by atoms with Gasteiger partial charge in [-0.15, -0.1) is 0 Å². The second-order valence-electron chi connectivity index (χ2n) is 3.82. The standard InChI is InChI=1S/C11H14F5N3/c1-2-3-17-9-4-7(11(14,15)16)5-10(19-9)18-6-8(12)13/h4-5,8H,2-3,6H2,1H3,(H2,17,18,19). The van der Waals surface area contributed by atoms with Crippen molar-refractivity contribution in [3.05, 3.63) is 17.7 Å². The number of nitrogens with zero attached hydrogens (tertiary/aromatic N) is 1. The van der Waals surface area contributed by atoms with Gasteiger partial charge in [-0.2, -0.15) is 13.2 Å². The summed E-state index contributed by atoms with van der Waals surface area (Å²) >= 11 is 0. The van der Waals surface area contributed by atoms with E-state index in [0.29, 0.717) is 19.0 Å². The Morgan fingerprint density at radius 1 is 1.16 bits per heavy atom. The number of aromatic nitrogens is 1. The van der Waals surface area contributed by atoms with Crippen LogP contribution in [-0.4, -0.2) is 24.5 Å². The fourth-order valence-corrected chi connectivity index (χ4v) is 1.31. The number of hydrogen-bond acceptors (Lipinski definition) is 3. The van der Waals surface area contributed by atoms with E-state index < -0.39 is 24.7 Å². The topological polar surface area (TPSA) is 37.0 Å². The SMILES string of the molecule is CCCNc1cc(C(F)(F)F)cc(NCC(F)F)n1. The molecule has 108 valence electrons. The second-order valence-corrected chi connectivity index (χ2v) is 3.82. The zero-order valence-electron chi connectivity index (χ0n) is 10.2. The molecule has 3 nitrogen and oxygen atoms in total. The minimum absolute atomic E-state index is 0.00782. The maximum atomic E-state index is 12.6. The van der Waals surface area contributed by atoms with E-state index in [2.05, 4.69) is 15.6 Å². The van der Waals surface area contributed by atoms with Gasteiger partial charge in [0.15, 0.2) is 0 Å². The molecule has 8 heteroatoms. The van der Waals surface area contributed by atoms with Crippen LogP contribution < -0.4 is 10.6 Å². The summed E-state index contributed by atoms with van der Waals surface area (Å²) in [6, 6.07) is 1.56. The monoisotopic (exact) mass is 283 g/mol. The first kappa shape index (κ1) is 15.5. The minimum atomic E-state index is -4.55. The predicted octanol–water partition coefficient (Wildman–Crippen LogP) is 3.60. The fourth-order valence-electron chi connectivity index (χ4n) is 1.31. The summed E-state index contributed by atoms with van der Waals surface area (Å²) in [6.07, 6.45) is -6.51. The molecule has 1 aromatic rings. The van der Waals surface area contributed by atoms with Crippen molar-refractivity contribution in [2.45, 2.75) is 25.9 Å². The molecule has 0 spiro atoms. The lowest BCUT2D eigenvalue weighted by Gasteiger charge is -2.13. The largest absolute Gasteiger partial charge is 0.416 e. The Kier molecular flexibility index (Phi) is 5.31. The van der Waals surface area contributed by atoms with E-state index >= 15 is 0 Å². The molecule has 1 aromatic heterocycles. The van der Waals surface area contributed by atoms with Gasteiger partial charge in [0, 0.05) is 6.54 Å². The van der Waals surface area contributed by atoms with Gasteiger partial charge in [-0.3, -0.25) is 0 Å². The van der Waals surface area contributed by atoms with Crippen LogP contribution in [0.25, 0.3) is 0 Å². The van der Waals surface area contributed by atoms with Crippen molar-refractivity contribution in [2.24, 2.45) is 0 Å². The molecule has 0 bridgehead atoms. The van der Waals surface area contributed by atoms with Crippen LogP contribution in [0.15, 0.2) is 12.1 Å². The third-order valence-electron chi connectivity index (χ3n) is 2.15. The number of hydrogen-bond donors (Lipinski definition) is 2. The molecule has 0 atom stereocenters. The molecule has 0 unspecified atom stereocenters. The Hall–Kier alpha value is -1.60. The Morgan fingerprint density at radius 3 is 2.21 bits per heavy atom. The van der Waals surface area contributed by atoms with E-state index in [1.54, 1.807) is 0 Å². The highest BCUT2D eigenvalue weighted by Crippen LogP contribution is 2.32. The molecule has 1 rings (SSSR count). The summed E-state index contributed by atoms with van der Waals surface area (Å²) in [5.74, 6) is -0.220. The van der Waals surface area contributed by atoms with Crippen molar-refractivity contribution in [3.8, 4) is 0 Å². The van der Waals surface area contributed by atoms with Crippen molar-refractivity contribution in [2.75, 3.05) is 23.7 Å². The van der Waals surface area contributed by atoms with Crippen LogP contribution in [0.4, 0.5) is 33.6 Å². The van der Waals surface area contributed by atoms with E-state index in [9.17, 15) is 22.0 Å². The first-order valence-corrected chi connectivity index (χ1v) is 5.68. The van der Waals surface area contributed by atoms with Gasteiger partial charge in [0.25, 0.3) is 6.43 Å². The van der Waals surface area contributed by atoms with Crippen molar-refractivity contribution in [1.82, 2.24) is 4.98 Å². The number of pyridine rings is 1. The van der Waals surface area contributed by atoms with Crippen molar-refractivity contribution in [3.63, 3.8) is 0 Å². The van der Waals surface area contributed by atoms with E-state index in [-0.39, 0.29) is 11.6 Å². The zero-order chi connectivity index (χ0) is 14.5. The third-order valence-corrected chi connectivity index (χ3v) is 2.15. The average molecular weight is 283 g/mol. The Balaban J connectivity index is 2.95. The summed E-state index contributed by atoms with van der Waals surface area (Å²) in [5, 5.41) is 4.87. The molecule has 0 amide bonds. The molecule has 0 saturated carbocycles. The number of halogens is 5. The maximum absolute atomic E-state index is 12.6. The van der Waals surface area contributed by atoms with E-state index in [1.807, 2.05) is 6.92 Å². The van der Waals surface area contributed by atoms with Gasteiger partial charge in [0.1, 0.15) is 11.6 Å². The third kappa shape index (κ3) is 5.27. The molecule has 1 heterocycles. The summed E-state index contributed by atoms with van der Waals surface area (Å²) in [7, 11) is 0. The van der Waals surface area contributed by atoms with Crippen molar-refractivity contribution < 1.29 is 22.0 Å². The van der Waals surface area contributed by atoms with Gasteiger partial charge in [-0.25, -0.2) is 13.8 Å². The summed E-state index contributed by atoms with van der Waals surface area (Å²) in [4.78, 5) is 3.80. The number of rotatable bonds is 6. The molecule has 0 aromatic carbocycles. The number of alkyl halides is 5. The molecule has 0 aliphatic heterocycles. The highest BCUT2D eigenvalue weighted by atomic mass is 19.4. The Morgan fingerprint density at radius 2 is 1.74 bits per heavy atom.